The van der Waals surface area contributed by atoms with Crippen LogP contribution in [0.2, 0.25) is 0 Å². The Morgan fingerprint density at radius 1 is 0.680 bits per heavy atom. The van der Waals surface area contributed by atoms with Crippen molar-refractivity contribution in [2.75, 3.05) is 0 Å². The number of aromatic nitrogens is 3. The van der Waals surface area contributed by atoms with E-state index in [4.69, 9.17) is 0 Å². The van der Waals surface area contributed by atoms with Crippen LogP contribution in [0.1, 0.15) is 38.3 Å². The fourth-order valence-corrected chi connectivity index (χ4v) is 6.91. The molecule has 0 spiro atoms. The normalized spacial score (nSPS) is 19.4. The number of pyridine rings is 1. The highest BCUT2D eigenvalue weighted by molar-refractivity contribution is 5.97. The van der Waals surface area contributed by atoms with Gasteiger partial charge in [-0.2, -0.15) is 5.10 Å². The third-order valence-corrected chi connectivity index (χ3v) is 9.53. The van der Waals surface area contributed by atoms with Crippen LogP contribution < -0.4 is 0 Å². The average Bonchev–Trinajstić information content (AvgIpc) is 3.61. The molecule has 3 N–H and O–H groups in total. The number of carbonyl (C=O) groups is 2. The zero-order valence-corrected chi connectivity index (χ0v) is 27.5. The molecule has 0 saturated carbocycles. The molecule has 7 rings (SSSR count). The molecule has 9 nitrogen and oxygen atoms in total. The number of ketones is 1. The van der Waals surface area contributed by atoms with Gasteiger partial charge in [0.25, 0.3) is 0 Å². The molecule has 1 fully saturated rings. The number of carbonyl (C=O) groups excluding carboxylic acids is 2. The minimum absolute atomic E-state index is 0.0803. The SMILES string of the molecule is O=C(Cc1ccccn1)c1cccc(CN2C(=O)N(Cc3ccc4[nH]ncc4c3)[C@H](Cc3ccccc3)[C@H](O)[C@@H](O)[C@H]2Cc2ccccc2)c1. The van der Waals surface area contributed by atoms with E-state index in [2.05, 4.69) is 15.2 Å². The summed E-state index contributed by atoms with van der Waals surface area (Å²) in [5.74, 6) is -0.0803. The maximum atomic E-state index is 15.1. The van der Waals surface area contributed by atoms with E-state index in [0.29, 0.717) is 24.1 Å². The summed E-state index contributed by atoms with van der Waals surface area (Å²) in [6.07, 6.45) is 1.74. The van der Waals surface area contributed by atoms with E-state index in [0.717, 1.165) is 33.2 Å². The zero-order chi connectivity index (χ0) is 34.5. The van der Waals surface area contributed by atoms with Crippen molar-refractivity contribution in [2.45, 2.75) is 56.6 Å². The molecule has 252 valence electrons. The van der Waals surface area contributed by atoms with Crippen LogP contribution in [0.4, 0.5) is 4.79 Å². The number of H-pyrrole nitrogens is 1. The van der Waals surface area contributed by atoms with Gasteiger partial charge in [-0.1, -0.05) is 91.0 Å². The lowest BCUT2D eigenvalue weighted by molar-refractivity contribution is -0.0408. The quantitative estimate of drug-likeness (QED) is 0.151. The van der Waals surface area contributed by atoms with Gasteiger partial charge in [0.15, 0.2) is 5.78 Å². The molecule has 4 aromatic carbocycles. The number of aliphatic hydroxyl groups is 2. The second kappa shape index (κ2) is 14.9. The van der Waals surface area contributed by atoms with Crippen LogP contribution in [0.3, 0.4) is 0 Å². The molecule has 3 heterocycles. The number of aromatic amines is 1. The largest absolute Gasteiger partial charge is 0.388 e. The lowest BCUT2D eigenvalue weighted by Crippen LogP contribution is -2.50. The first-order chi connectivity index (χ1) is 24.4. The molecule has 1 saturated heterocycles. The van der Waals surface area contributed by atoms with E-state index in [1.807, 2.05) is 115 Å². The first-order valence-corrected chi connectivity index (χ1v) is 16.9. The summed E-state index contributed by atoms with van der Waals surface area (Å²) in [6.45, 7) is 0.332. The Hall–Kier alpha value is -5.64. The number of urea groups is 1. The van der Waals surface area contributed by atoms with Crippen LogP contribution in [0.15, 0.2) is 134 Å². The summed E-state index contributed by atoms with van der Waals surface area (Å²) in [5, 5.41) is 32.1. The molecule has 0 bridgehead atoms. The molecule has 50 heavy (non-hydrogen) atoms. The number of hydrogen-bond acceptors (Lipinski definition) is 6. The van der Waals surface area contributed by atoms with Crippen molar-refractivity contribution in [3.05, 3.63) is 167 Å². The van der Waals surface area contributed by atoms with Crippen LogP contribution in [-0.4, -0.2) is 71.3 Å². The Bertz CT molecular complexity index is 2050. The number of rotatable bonds is 11. The minimum Gasteiger partial charge on any atom is -0.388 e. The highest BCUT2D eigenvalue weighted by atomic mass is 16.3. The Morgan fingerprint density at radius 2 is 1.28 bits per heavy atom. The van der Waals surface area contributed by atoms with Gasteiger partial charge in [-0.15, -0.1) is 0 Å². The summed E-state index contributed by atoms with van der Waals surface area (Å²) in [7, 11) is 0. The van der Waals surface area contributed by atoms with Crippen LogP contribution in [0.25, 0.3) is 10.9 Å². The minimum atomic E-state index is -1.26. The van der Waals surface area contributed by atoms with Gasteiger partial charge in [0.2, 0.25) is 0 Å². The van der Waals surface area contributed by atoms with Crippen molar-refractivity contribution in [3.63, 3.8) is 0 Å². The molecule has 1 aliphatic rings. The highest BCUT2D eigenvalue weighted by Crippen LogP contribution is 2.30. The van der Waals surface area contributed by atoms with Crippen LogP contribution in [0, 0.1) is 0 Å². The standard InChI is InChI=1S/C41H39N5O4/c47-38(24-34-16-7-8-19-42-34)32-15-9-14-30(20-32)26-45-36(22-28-10-3-1-4-11-28)39(48)40(49)37(23-29-12-5-2-6-13-29)46(41(45)50)27-31-17-18-35-33(21-31)25-43-44-35/h1-21,25,36-37,39-40,48-49H,22-24,26-27H2,(H,43,44)/t36-,37-,39+,40+/m1/s1. The van der Waals surface area contributed by atoms with Crippen molar-refractivity contribution in [1.82, 2.24) is 25.0 Å². The van der Waals surface area contributed by atoms with E-state index in [9.17, 15) is 15.0 Å². The maximum absolute atomic E-state index is 15.1. The molecule has 0 radical (unpaired) electrons. The molecule has 2 aromatic heterocycles. The number of aliphatic hydroxyl groups excluding tert-OH is 2. The predicted octanol–water partition coefficient (Wildman–Crippen LogP) is 5.77. The Morgan fingerprint density at radius 3 is 1.90 bits per heavy atom. The van der Waals surface area contributed by atoms with Crippen molar-refractivity contribution in [2.24, 2.45) is 0 Å². The Balaban J connectivity index is 1.27. The van der Waals surface area contributed by atoms with Gasteiger partial charge in [-0.25, -0.2) is 4.79 Å². The fourth-order valence-electron chi connectivity index (χ4n) is 6.91. The third-order valence-electron chi connectivity index (χ3n) is 9.53. The number of amides is 2. The molecule has 0 unspecified atom stereocenters. The first-order valence-electron chi connectivity index (χ1n) is 16.9. The monoisotopic (exact) mass is 665 g/mol. The van der Waals surface area contributed by atoms with Gasteiger partial charge < -0.3 is 20.0 Å². The molecule has 9 heteroatoms. The summed E-state index contributed by atoms with van der Waals surface area (Å²) in [4.78, 5) is 36.0. The number of benzene rings is 4. The first kappa shape index (κ1) is 32.9. The topological polar surface area (TPSA) is 123 Å². The molecule has 1 aliphatic heterocycles. The average molecular weight is 666 g/mol. The molecule has 0 aliphatic carbocycles. The highest BCUT2D eigenvalue weighted by Gasteiger charge is 2.46. The van der Waals surface area contributed by atoms with E-state index in [1.165, 1.54) is 0 Å². The van der Waals surface area contributed by atoms with Crippen LogP contribution in [0.5, 0.6) is 0 Å². The van der Waals surface area contributed by atoms with Crippen molar-refractivity contribution < 1.29 is 19.8 Å². The molecule has 4 atom stereocenters. The number of nitrogens with one attached hydrogen (secondary N) is 1. The summed E-state index contributed by atoms with van der Waals surface area (Å²) in [5.41, 5.74) is 5.57. The van der Waals surface area contributed by atoms with E-state index in [1.54, 1.807) is 28.3 Å². The Labute approximate surface area is 290 Å². The van der Waals surface area contributed by atoms with Crippen LogP contribution in [-0.2, 0) is 32.4 Å². The second-order valence-corrected chi connectivity index (χ2v) is 12.9. The van der Waals surface area contributed by atoms with E-state index >= 15 is 4.79 Å². The lowest BCUT2D eigenvalue weighted by atomic mass is 9.90. The molecular weight excluding hydrogens is 626 g/mol. The number of fused-ring (bicyclic) bond motifs is 1. The van der Waals surface area contributed by atoms with Gasteiger partial charge in [0.05, 0.1) is 30.2 Å². The lowest BCUT2D eigenvalue weighted by Gasteiger charge is -2.36. The summed E-state index contributed by atoms with van der Waals surface area (Å²) in [6, 6.07) is 36.3. The van der Waals surface area contributed by atoms with E-state index < -0.39 is 24.3 Å². The molecule has 6 aromatic rings. The summed E-state index contributed by atoms with van der Waals surface area (Å²) < 4.78 is 0. The number of Topliss-reactive ketones (excluding diaryl/α,β-unsaturated/α-hetero) is 1. The molecular formula is C41H39N5O4. The van der Waals surface area contributed by atoms with Crippen molar-refractivity contribution >= 4 is 22.7 Å². The van der Waals surface area contributed by atoms with Gasteiger partial charge in [0, 0.05) is 35.9 Å². The second-order valence-electron chi connectivity index (χ2n) is 12.9. The number of nitrogens with zero attached hydrogens (tertiary/aromatic N) is 4. The van der Waals surface area contributed by atoms with Crippen LogP contribution >= 0.6 is 0 Å². The van der Waals surface area contributed by atoms with Gasteiger partial charge >= 0.3 is 6.03 Å². The zero-order valence-electron chi connectivity index (χ0n) is 27.5. The van der Waals surface area contributed by atoms with Gasteiger partial charge in [-0.3, -0.25) is 14.9 Å². The van der Waals surface area contributed by atoms with Gasteiger partial charge in [0.1, 0.15) is 12.2 Å². The Kier molecular flexibility index (Phi) is 9.77. The van der Waals surface area contributed by atoms with Gasteiger partial charge in [-0.05, 0) is 65.4 Å². The van der Waals surface area contributed by atoms with Crippen molar-refractivity contribution in [1.29, 1.82) is 0 Å². The predicted molar refractivity (Wildman–Crippen MR) is 191 cm³/mol. The summed E-state index contributed by atoms with van der Waals surface area (Å²) >= 11 is 0. The molecule has 2 amide bonds. The maximum Gasteiger partial charge on any atom is 0.321 e. The van der Waals surface area contributed by atoms with Crippen molar-refractivity contribution in [3.8, 4) is 0 Å². The number of hydrogen-bond donors (Lipinski definition) is 3. The third kappa shape index (κ3) is 7.34. The van der Waals surface area contributed by atoms with E-state index in [-0.39, 0.29) is 31.3 Å². The fraction of sp³-hybridized carbons (Fsp3) is 0.220. The smallest absolute Gasteiger partial charge is 0.321 e.